The number of nitrogens with zero attached hydrogens (tertiary/aromatic N) is 4. The van der Waals surface area contributed by atoms with E-state index >= 15 is 0 Å². The van der Waals surface area contributed by atoms with Gasteiger partial charge in [0.15, 0.2) is 17.6 Å². The number of carbonyl (C=O) groups excluding carboxylic acids is 2. The van der Waals surface area contributed by atoms with Crippen LogP contribution in [0.25, 0.3) is 5.52 Å². The summed E-state index contributed by atoms with van der Waals surface area (Å²) in [5.41, 5.74) is 12.6. The summed E-state index contributed by atoms with van der Waals surface area (Å²) in [6, 6.07) is 12.0. The van der Waals surface area contributed by atoms with Gasteiger partial charge in [0.05, 0.1) is 5.69 Å². The predicted molar refractivity (Wildman–Crippen MR) is 154 cm³/mol. The van der Waals surface area contributed by atoms with Crippen molar-refractivity contribution in [2.45, 2.75) is 75.0 Å². The smallest absolute Gasteiger partial charge is 0.323 e. The lowest BCUT2D eigenvalue weighted by Crippen LogP contribution is -2.52. The Hall–Kier alpha value is -3.58. The molecule has 1 aliphatic heterocycles. The molecule has 2 aromatic heterocycles. The second-order valence-corrected chi connectivity index (χ2v) is 11.4. The van der Waals surface area contributed by atoms with Gasteiger partial charge in [-0.2, -0.15) is 5.10 Å². The van der Waals surface area contributed by atoms with Gasteiger partial charge < -0.3 is 30.8 Å². The van der Waals surface area contributed by atoms with E-state index in [1.807, 2.05) is 30.3 Å². The summed E-state index contributed by atoms with van der Waals surface area (Å²) in [5.74, 6) is -0.551. The van der Waals surface area contributed by atoms with E-state index in [9.17, 15) is 14.7 Å². The van der Waals surface area contributed by atoms with Crippen LogP contribution in [-0.4, -0.2) is 81.6 Å². The Kier molecular flexibility index (Phi) is 9.07. The first-order valence-corrected chi connectivity index (χ1v) is 14.5. The number of aliphatic hydroxyl groups excluding tert-OH is 1. The van der Waals surface area contributed by atoms with Crippen molar-refractivity contribution in [1.29, 1.82) is 0 Å². The van der Waals surface area contributed by atoms with Crippen LogP contribution in [0.2, 0.25) is 0 Å². The molecule has 1 saturated carbocycles. The van der Waals surface area contributed by atoms with Gasteiger partial charge in [-0.3, -0.25) is 14.5 Å². The summed E-state index contributed by atoms with van der Waals surface area (Å²) in [6.45, 7) is -0.282. The Bertz CT molecular complexity index is 1380. The van der Waals surface area contributed by atoms with E-state index in [1.165, 1.54) is 17.3 Å². The number of likely N-dealkylation sites (N-methyl/N-ethyl adjacent to an activating group) is 1. The van der Waals surface area contributed by atoms with Crippen molar-refractivity contribution in [3.8, 4) is 0 Å². The van der Waals surface area contributed by atoms with E-state index in [0.717, 1.165) is 31.2 Å². The topological polar surface area (TPSA) is 168 Å². The molecule has 3 heterocycles. The number of anilines is 1. The first-order valence-electron chi connectivity index (χ1n) is 14.5. The van der Waals surface area contributed by atoms with Gasteiger partial charge in [0.1, 0.15) is 36.7 Å². The number of aromatic nitrogens is 3. The van der Waals surface area contributed by atoms with Gasteiger partial charge in [0, 0.05) is 6.42 Å². The van der Waals surface area contributed by atoms with E-state index < -0.39 is 42.0 Å². The van der Waals surface area contributed by atoms with Crippen LogP contribution in [0.4, 0.5) is 5.82 Å². The van der Waals surface area contributed by atoms with Gasteiger partial charge in [-0.25, -0.2) is 9.50 Å². The molecule has 12 nitrogen and oxygen atoms in total. The Morgan fingerprint density at radius 1 is 1.17 bits per heavy atom. The normalized spacial score (nSPS) is 25.5. The van der Waals surface area contributed by atoms with Crippen molar-refractivity contribution < 1.29 is 28.9 Å². The summed E-state index contributed by atoms with van der Waals surface area (Å²) < 4.78 is 19.6. The third kappa shape index (κ3) is 5.98. The van der Waals surface area contributed by atoms with Gasteiger partial charge >= 0.3 is 11.9 Å². The zero-order valence-corrected chi connectivity index (χ0v) is 24.1. The lowest BCUT2D eigenvalue weighted by atomic mass is 9.87. The summed E-state index contributed by atoms with van der Waals surface area (Å²) in [7, 11) is 3.47. The maximum atomic E-state index is 13.2. The number of nitrogens with two attached hydrogens (primary N) is 2. The summed E-state index contributed by atoms with van der Waals surface area (Å²) in [5, 5.41) is 16.2. The molecule has 5 rings (SSSR count). The maximum absolute atomic E-state index is 13.2. The van der Waals surface area contributed by atoms with Crippen molar-refractivity contribution in [3.63, 3.8) is 0 Å². The van der Waals surface area contributed by atoms with Gasteiger partial charge in [0.25, 0.3) is 0 Å². The third-order valence-corrected chi connectivity index (χ3v) is 8.36. The number of hydrogen-bond donors (Lipinski definition) is 3. The maximum Gasteiger partial charge on any atom is 0.323 e. The first-order chi connectivity index (χ1) is 20.2. The Balaban J connectivity index is 1.39. The molecular weight excluding hydrogens is 540 g/mol. The van der Waals surface area contributed by atoms with E-state index in [2.05, 4.69) is 10.1 Å². The number of carbonyl (C=O) groups is 2. The average molecular weight is 581 g/mol. The lowest BCUT2D eigenvalue weighted by Gasteiger charge is -2.37. The predicted octanol–water partition coefficient (Wildman–Crippen LogP) is 1.78. The molecule has 42 heavy (non-hydrogen) atoms. The highest BCUT2D eigenvalue weighted by Gasteiger charge is 2.60. The van der Waals surface area contributed by atoms with Gasteiger partial charge in [0.2, 0.25) is 0 Å². The molecule has 0 radical (unpaired) electrons. The van der Waals surface area contributed by atoms with Crippen LogP contribution in [0.1, 0.15) is 49.8 Å². The summed E-state index contributed by atoms with van der Waals surface area (Å²) in [6.07, 6.45) is 3.67. The van der Waals surface area contributed by atoms with Crippen molar-refractivity contribution in [1.82, 2.24) is 19.5 Å². The molecule has 1 saturated heterocycles. The first kappa shape index (κ1) is 29.9. The van der Waals surface area contributed by atoms with Crippen LogP contribution < -0.4 is 11.5 Å². The molecule has 2 fully saturated rings. The molecule has 1 aliphatic carbocycles. The fourth-order valence-electron chi connectivity index (χ4n) is 6.15. The molecule has 0 unspecified atom stereocenters. The number of esters is 2. The SMILES string of the molecule is CN(C)[C@@]1(c2ccc3c(N)ncnn23)O[C@H](COC(=O)[C@@H](N)Cc2ccccc2)[C@@H](OC(=O)CC2CCCCC2)[C@H]1O. The number of fused-ring (bicyclic) bond motifs is 1. The quantitative estimate of drug-likeness (QED) is 0.299. The van der Waals surface area contributed by atoms with E-state index in [0.29, 0.717) is 17.6 Å². The van der Waals surface area contributed by atoms with Crippen LogP contribution in [0, 0.1) is 5.92 Å². The number of nitrogen functional groups attached to an aromatic ring is 1. The number of aliphatic hydroxyl groups is 1. The monoisotopic (exact) mass is 580 g/mol. The molecule has 0 amide bonds. The summed E-state index contributed by atoms with van der Waals surface area (Å²) >= 11 is 0. The highest BCUT2D eigenvalue weighted by molar-refractivity contribution is 5.76. The van der Waals surface area contributed by atoms with Gasteiger partial charge in [-0.05, 0) is 57.0 Å². The highest BCUT2D eigenvalue weighted by atomic mass is 16.6. The minimum Gasteiger partial charge on any atom is -0.462 e. The number of rotatable bonds is 10. The fourth-order valence-corrected chi connectivity index (χ4v) is 6.15. The molecule has 226 valence electrons. The van der Waals surface area contributed by atoms with Crippen LogP contribution in [0.15, 0.2) is 48.8 Å². The highest BCUT2D eigenvalue weighted by Crippen LogP contribution is 2.44. The van der Waals surface area contributed by atoms with Crippen LogP contribution in [0.3, 0.4) is 0 Å². The second-order valence-electron chi connectivity index (χ2n) is 11.4. The third-order valence-electron chi connectivity index (χ3n) is 8.36. The minimum atomic E-state index is -1.52. The number of hydrogen-bond acceptors (Lipinski definition) is 11. The van der Waals surface area contributed by atoms with Crippen LogP contribution >= 0.6 is 0 Å². The summed E-state index contributed by atoms with van der Waals surface area (Å²) in [4.78, 5) is 31.8. The Morgan fingerprint density at radius 3 is 2.62 bits per heavy atom. The number of benzene rings is 1. The van der Waals surface area contributed by atoms with Crippen LogP contribution in [0.5, 0.6) is 0 Å². The molecule has 5 N–H and O–H groups in total. The molecule has 2 aliphatic rings. The largest absolute Gasteiger partial charge is 0.462 e. The molecular formula is C30H40N6O6. The minimum absolute atomic E-state index is 0.242. The second kappa shape index (κ2) is 12.7. The lowest BCUT2D eigenvalue weighted by molar-refractivity contribution is -0.187. The van der Waals surface area contributed by atoms with Crippen LogP contribution in [-0.2, 0) is 35.9 Å². The van der Waals surface area contributed by atoms with Crippen molar-refractivity contribution >= 4 is 23.3 Å². The molecule has 5 atom stereocenters. The van der Waals surface area contributed by atoms with E-state index in [-0.39, 0.29) is 24.8 Å². The van der Waals surface area contributed by atoms with Crippen molar-refractivity contribution in [2.24, 2.45) is 11.7 Å². The fraction of sp³-hybridized carbons (Fsp3) is 0.533. The molecule has 0 bridgehead atoms. The molecule has 3 aromatic rings. The van der Waals surface area contributed by atoms with E-state index in [1.54, 1.807) is 31.1 Å². The molecule has 0 spiro atoms. The number of ether oxygens (including phenoxy) is 3. The molecule has 1 aromatic carbocycles. The Morgan fingerprint density at radius 2 is 1.90 bits per heavy atom. The Labute approximate surface area is 244 Å². The van der Waals surface area contributed by atoms with Crippen molar-refractivity contribution in [2.75, 3.05) is 26.4 Å². The zero-order chi connectivity index (χ0) is 29.9. The zero-order valence-electron chi connectivity index (χ0n) is 24.1. The standard InChI is InChI=1S/C30H40N6O6/c1-35(2)30(24-14-13-22-28(32)33-18-34-36(22)24)27(38)26(41-25(37)16-20-11-7-4-8-12-20)23(42-30)17-40-29(39)21(31)15-19-9-5-3-6-10-19/h3,5-6,9-10,13-14,18,20-21,23,26-27,38H,4,7-8,11-12,15-17,31H2,1-2H3,(H2,32,33,34)/t21-,23+,26+,27+,30-/m0/s1. The van der Waals surface area contributed by atoms with Gasteiger partial charge in [-0.15, -0.1) is 0 Å². The van der Waals surface area contributed by atoms with Crippen molar-refractivity contribution in [3.05, 3.63) is 60.0 Å². The average Bonchev–Trinajstić information content (AvgIpc) is 3.53. The van der Waals surface area contributed by atoms with E-state index in [4.69, 9.17) is 25.7 Å². The van der Waals surface area contributed by atoms with Gasteiger partial charge in [-0.1, -0.05) is 49.6 Å². The molecule has 12 heteroatoms.